The van der Waals surface area contributed by atoms with E-state index >= 15 is 0 Å². The predicted octanol–water partition coefficient (Wildman–Crippen LogP) is 4.60. The molecule has 3 heterocycles. The van der Waals surface area contributed by atoms with E-state index in [0.29, 0.717) is 0 Å². The van der Waals surface area contributed by atoms with Crippen molar-refractivity contribution in [3.05, 3.63) is 52.7 Å². The summed E-state index contributed by atoms with van der Waals surface area (Å²) in [5.41, 5.74) is 4.01. The summed E-state index contributed by atoms with van der Waals surface area (Å²) in [5, 5.41) is 2.13. The van der Waals surface area contributed by atoms with Gasteiger partial charge in [0.15, 0.2) is 5.82 Å². The van der Waals surface area contributed by atoms with Gasteiger partial charge >= 0.3 is 0 Å². The lowest BCUT2D eigenvalue weighted by Gasteiger charge is -2.30. The molecule has 118 valence electrons. The Morgan fingerprint density at radius 3 is 2.87 bits per heavy atom. The second-order valence-corrected chi connectivity index (χ2v) is 7.06. The highest BCUT2D eigenvalue weighted by Crippen LogP contribution is 2.32. The second kappa shape index (κ2) is 6.28. The van der Waals surface area contributed by atoms with Crippen molar-refractivity contribution < 1.29 is 0 Å². The zero-order valence-corrected chi connectivity index (χ0v) is 14.3. The number of fused-ring (bicyclic) bond motifs is 2. The summed E-state index contributed by atoms with van der Waals surface area (Å²) < 4.78 is 1.23. The largest absolute Gasteiger partial charge is 0.351 e. The fourth-order valence-corrected chi connectivity index (χ4v) is 4.08. The summed E-state index contributed by atoms with van der Waals surface area (Å²) in [6.45, 7) is 4.20. The molecule has 3 nitrogen and oxygen atoms in total. The van der Waals surface area contributed by atoms with Crippen LogP contribution in [0.25, 0.3) is 10.2 Å². The van der Waals surface area contributed by atoms with Crippen LogP contribution in [-0.2, 0) is 19.4 Å². The third-order valence-electron chi connectivity index (χ3n) is 4.52. The summed E-state index contributed by atoms with van der Waals surface area (Å²) in [6.07, 6.45) is 4.40. The van der Waals surface area contributed by atoms with Crippen molar-refractivity contribution >= 4 is 27.4 Å². The minimum absolute atomic E-state index is 0.952. The fraction of sp³-hybridized carbons (Fsp3) is 0.368. The van der Waals surface area contributed by atoms with Crippen LogP contribution in [0.4, 0.5) is 5.82 Å². The molecule has 0 fully saturated rings. The van der Waals surface area contributed by atoms with Crippen LogP contribution in [0.1, 0.15) is 36.7 Å². The Balaban J connectivity index is 1.72. The first-order valence-electron chi connectivity index (χ1n) is 8.41. The Hall–Kier alpha value is -1.94. The van der Waals surface area contributed by atoms with Crippen molar-refractivity contribution in [2.24, 2.45) is 0 Å². The molecule has 1 aliphatic heterocycles. The molecule has 0 bridgehead atoms. The summed E-state index contributed by atoms with van der Waals surface area (Å²) in [7, 11) is 0. The van der Waals surface area contributed by atoms with Crippen molar-refractivity contribution in [3.8, 4) is 0 Å². The van der Waals surface area contributed by atoms with E-state index in [1.807, 2.05) is 0 Å². The molecule has 0 amide bonds. The smallest absolute Gasteiger partial charge is 0.150 e. The molecule has 1 aliphatic rings. The van der Waals surface area contributed by atoms with Crippen molar-refractivity contribution in [1.82, 2.24) is 9.97 Å². The maximum Gasteiger partial charge on any atom is 0.150 e. The van der Waals surface area contributed by atoms with E-state index in [1.165, 1.54) is 22.2 Å². The molecule has 0 spiro atoms. The number of hydrogen-bond acceptors (Lipinski definition) is 4. The molecule has 1 aromatic carbocycles. The molecule has 4 heteroatoms. The topological polar surface area (TPSA) is 29.0 Å². The molecule has 0 saturated carbocycles. The third kappa shape index (κ3) is 2.83. The number of nitrogens with zero attached hydrogens (tertiary/aromatic N) is 3. The summed E-state index contributed by atoms with van der Waals surface area (Å²) in [6, 6.07) is 10.9. The predicted molar refractivity (Wildman–Crippen MR) is 97.2 cm³/mol. The van der Waals surface area contributed by atoms with E-state index < -0.39 is 0 Å². The Labute approximate surface area is 141 Å². The minimum atomic E-state index is 0.952. The highest BCUT2D eigenvalue weighted by molar-refractivity contribution is 7.17. The first-order chi connectivity index (χ1) is 11.3. The number of hydrogen-bond donors (Lipinski definition) is 0. The normalized spacial score (nSPS) is 14.2. The van der Waals surface area contributed by atoms with E-state index in [0.717, 1.165) is 49.5 Å². The first kappa shape index (κ1) is 14.6. The van der Waals surface area contributed by atoms with E-state index in [4.69, 9.17) is 9.97 Å². The molecular weight excluding hydrogens is 302 g/mol. The third-order valence-corrected chi connectivity index (χ3v) is 5.42. The Morgan fingerprint density at radius 1 is 1.13 bits per heavy atom. The molecule has 0 aliphatic carbocycles. The molecule has 0 atom stereocenters. The van der Waals surface area contributed by atoms with Gasteiger partial charge in [0.25, 0.3) is 0 Å². The van der Waals surface area contributed by atoms with Crippen molar-refractivity contribution in [3.63, 3.8) is 0 Å². The van der Waals surface area contributed by atoms with Crippen LogP contribution in [0.3, 0.4) is 0 Å². The van der Waals surface area contributed by atoms with Gasteiger partial charge in [0.2, 0.25) is 0 Å². The van der Waals surface area contributed by atoms with Gasteiger partial charge in [-0.25, -0.2) is 9.97 Å². The number of aryl methyl sites for hydroxylation is 1. The highest BCUT2D eigenvalue weighted by atomic mass is 32.1. The van der Waals surface area contributed by atoms with E-state index in [2.05, 4.69) is 47.5 Å². The average Bonchev–Trinajstić information content (AvgIpc) is 3.07. The number of unbranched alkanes of at least 4 members (excludes halogenated alkanes) is 1. The zero-order chi connectivity index (χ0) is 15.6. The molecule has 2 aromatic heterocycles. The van der Waals surface area contributed by atoms with Gasteiger partial charge in [0.1, 0.15) is 5.82 Å². The van der Waals surface area contributed by atoms with Gasteiger partial charge in [-0.3, -0.25) is 0 Å². The Kier molecular flexibility index (Phi) is 4.00. The number of thiophene rings is 1. The molecule has 0 saturated heterocycles. The number of rotatable bonds is 4. The monoisotopic (exact) mass is 323 g/mol. The molecule has 4 rings (SSSR count). The number of benzene rings is 1. The number of anilines is 1. The Bertz CT molecular complexity index is 824. The van der Waals surface area contributed by atoms with Crippen LogP contribution in [0, 0.1) is 0 Å². The summed E-state index contributed by atoms with van der Waals surface area (Å²) in [4.78, 5) is 12.1. The molecule has 0 N–H and O–H groups in total. The second-order valence-electron chi connectivity index (χ2n) is 6.14. The number of aromatic nitrogens is 2. The zero-order valence-electron chi connectivity index (χ0n) is 13.5. The van der Waals surface area contributed by atoms with Crippen molar-refractivity contribution in [2.75, 3.05) is 11.4 Å². The fourth-order valence-electron chi connectivity index (χ4n) is 3.23. The molecule has 23 heavy (non-hydrogen) atoms. The highest BCUT2D eigenvalue weighted by Gasteiger charge is 2.20. The van der Waals surface area contributed by atoms with Crippen LogP contribution >= 0.6 is 11.3 Å². The molecular formula is C19H21N3S. The lowest BCUT2D eigenvalue weighted by atomic mass is 10.00. The van der Waals surface area contributed by atoms with Crippen LogP contribution in [-0.4, -0.2) is 16.5 Å². The van der Waals surface area contributed by atoms with Gasteiger partial charge in [-0.1, -0.05) is 37.6 Å². The van der Waals surface area contributed by atoms with Crippen molar-refractivity contribution in [1.29, 1.82) is 0 Å². The van der Waals surface area contributed by atoms with Gasteiger partial charge < -0.3 is 4.90 Å². The van der Waals surface area contributed by atoms with Crippen LogP contribution in [0.2, 0.25) is 0 Å². The van der Waals surface area contributed by atoms with Crippen LogP contribution in [0.5, 0.6) is 0 Å². The summed E-state index contributed by atoms with van der Waals surface area (Å²) >= 11 is 1.75. The SMILES string of the molecule is CCCCc1nc(N2CCc3ccccc3C2)c2sccc2n1. The van der Waals surface area contributed by atoms with Gasteiger partial charge in [0, 0.05) is 19.5 Å². The van der Waals surface area contributed by atoms with E-state index in [1.54, 1.807) is 11.3 Å². The maximum absolute atomic E-state index is 4.93. The minimum Gasteiger partial charge on any atom is -0.351 e. The van der Waals surface area contributed by atoms with Gasteiger partial charge in [-0.2, -0.15) is 0 Å². The van der Waals surface area contributed by atoms with Gasteiger partial charge in [0.05, 0.1) is 10.2 Å². The lowest BCUT2D eigenvalue weighted by Crippen LogP contribution is -2.31. The van der Waals surface area contributed by atoms with E-state index in [-0.39, 0.29) is 0 Å². The molecule has 0 radical (unpaired) electrons. The Morgan fingerprint density at radius 2 is 2.00 bits per heavy atom. The standard InChI is InChI=1S/C19H21N3S/c1-2-3-8-17-20-16-10-12-23-18(16)19(21-17)22-11-9-14-6-4-5-7-15(14)13-22/h4-7,10,12H,2-3,8-9,11,13H2,1H3. The average molecular weight is 323 g/mol. The van der Waals surface area contributed by atoms with Gasteiger partial charge in [-0.15, -0.1) is 11.3 Å². The maximum atomic E-state index is 4.93. The van der Waals surface area contributed by atoms with Crippen LogP contribution < -0.4 is 4.90 Å². The lowest BCUT2D eigenvalue weighted by molar-refractivity contribution is 0.710. The quantitative estimate of drug-likeness (QED) is 0.703. The van der Waals surface area contributed by atoms with E-state index in [9.17, 15) is 0 Å². The first-order valence-corrected chi connectivity index (χ1v) is 9.29. The van der Waals surface area contributed by atoms with Gasteiger partial charge in [-0.05, 0) is 35.4 Å². The van der Waals surface area contributed by atoms with Crippen molar-refractivity contribution in [2.45, 2.75) is 39.2 Å². The van der Waals surface area contributed by atoms with Crippen LogP contribution in [0.15, 0.2) is 35.7 Å². The molecule has 3 aromatic rings. The summed E-state index contributed by atoms with van der Waals surface area (Å²) in [5.74, 6) is 2.12. The molecule has 0 unspecified atom stereocenters.